The van der Waals surface area contributed by atoms with Crippen molar-refractivity contribution in [3.05, 3.63) is 23.8 Å². The van der Waals surface area contributed by atoms with Crippen molar-refractivity contribution in [3.63, 3.8) is 0 Å². The number of carbonyl (C=O) groups is 1. The third-order valence-corrected chi connectivity index (χ3v) is 4.62. The number of fused-ring (bicyclic) bond motifs is 1. The lowest BCUT2D eigenvalue weighted by atomic mass is 10.2. The molecule has 1 aromatic heterocycles. The summed E-state index contributed by atoms with van der Waals surface area (Å²) < 4.78 is 0.691. The van der Waals surface area contributed by atoms with Gasteiger partial charge < -0.3 is 5.11 Å². The molecule has 1 heterocycles. The van der Waals surface area contributed by atoms with Crippen LogP contribution in [0, 0.1) is 11.3 Å². The molecule has 4 nitrogen and oxygen atoms in total. The minimum Gasteiger partial charge on any atom is -0.480 e. The molecule has 0 aliphatic carbocycles. The highest BCUT2D eigenvalue weighted by atomic mass is 32.2. The second-order valence-electron chi connectivity index (χ2n) is 4.19. The van der Waals surface area contributed by atoms with E-state index in [0.717, 1.165) is 10.2 Å². The molecule has 18 heavy (non-hydrogen) atoms. The van der Waals surface area contributed by atoms with Crippen LogP contribution >= 0.6 is 23.1 Å². The molecule has 0 saturated carbocycles. The van der Waals surface area contributed by atoms with Crippen LogP contribution in [0.15, 0.2) is 22.5 Å². The third-order valence-electron chi connectivity index (χ3n) is 2.36. The molecule has 92 valence electrons. The smallest absolute Gasteiger partial charge is 0.319 e. The van der Waals surface area contributed by atoms with Crippen molar-refractivity contribution in [2.75, 3.05) is 0 Å². The third kappa shape index (κ3) is 2.47. The van der Waals surface area contributed by atoms with Gasteiger partial charge in [0.25, 0.3) is 0 Å². The van der Waals surface area contributed by atoms with Gasteiger partial charge in [0.05, 0.1) is 21.8 Å². The highest BCUT2D eigenvalue weighted by molar-refractivity contribution is 8.03. The first-order valence-corrected chi connectivity index (χ1v) is 6.79. The first-order valence-electron chi connectivity index (χ1n) is 5.15. The monoisotopic (exact) mass is 278 g/mol. The number of benzene rings is 1. The van der Waals surface area contributed by atoms with Crippen molar-refractivity contribution in [1.29, 1.82) is 5.26 Å². The number of hydrogen-bond acceptors (Lipinski definition) is 5. The van der Waals surface area contributed by atoms with Crippen molar-refractivity contribution in [3.8, 4) is 6.07 Å². The first kappa shape index (κ1) is 12.9. The Kier molecular flexibility index (Phi) is 3.28. The minimum absolute atomic E-state index is 0.584. The molecule has 6 heteroatoms. The zero-order valence-corrected chi connectivity index (χ0v) is 11.4. The molecule has 0 saturated heterocycles. The van der Waals surface area contributed by atoms with E-state index in [1.165, 1.54) is 23.1 Å². The van der Waals surface area contributed by atoms with Gasteiger partial charge in [-0.1, -0.05) is 11.8 Å². The van der Waals surface area contributed by atoms with Gasteiger partial charge in [0, 0.05) is 0 Å². The number of hydrogen-bond donors (Lipinski definition) is 1. The zero-order valence-electron chi connectivity index (χ0n) is 9.80. The Morgan fingerprint density at radius 3 is 2.89 bits per heavy atom. The summed E-state index contributed by atoms with van der Waals surface area (Å²) in [7, 11) is 0. The van der Waals surface area contributed by atoms with Crippen molar-refractivity contribution in [2.24, 2.45) is 0 Å². The molecule has 0 spiro atoms. The first-order chi connectivity index (χ1) is 8.42. The van der Waals surface area contributed by atoms with Crippen LogP contribution in [0.4, 0.5) is 0 Å². The fourth-order valence-electron chi connectivity index (χ4n) is 1.28. The lowest BCUT2D eigenvalue weighted by Gasteiger charge is -2.15. The Hall–Kier alpha value is -1.58. The normalized spacial score (nSPS) is 11.4. The molecule has 0 unspecified atom stereocenters. The summed E-state index contributed by atoms with van der Waals surface area (Å²) in [4.78, 5) is 15.4. The van der Waals surface area contributed by atoms with E-state index in [4.69, 9.17) is 10.4 Å². The van der Waals surface area contributed by atoms with Crippen LogP contribution in [-0.2, 0) is 4.79 Å². The fraction of sp³-hybridized carbons (Fsp3) is 0.250. The molecule has 0 radical (unpaired) electrons. The summed E-state index contributed by atoms with van der Waals surface area (Å²) in [5, 5.41) is 17.9. The number of rotatable bonds is 3. The number of carboxylic acids is 1. The minimum atomic E-state index is -0.911. The van der Waals surface area contributed by atoms with Gasteiger partial charge in [0.1, 0.15) is 4.75 Å². The summed E-state index contributed by atoms with van der Waals surface area (Å²) in [6.07, 6.45) is 0. The second kappa shape index (κ2) is 4.59. The van der Waals surface area contributed by atoms with E-state index in [9.17, 15) is 4.79 Å². The van der Waals surface area contributed by atoms with Crippen molar-refractivity contribution in [2.45, 2.75) is 22.9 Å². The standard InChI is InChI=1S/C12H10N2O2S2/c1-12(2,10(15)16)18-11-14-8-4-3-7(6-13)5-9(8)17-11/h3-5H,1-2H3,(H,15,16). The van der Waals surface area contributed by atoms with E-state index in [1.54, 1.807) is 32.0 Å². The molecule has 1 aromatic carbocycles. The topological polar surface area (TPSA) is 74.0 Å². The number of nitrogens with zero attached hydrogens (tertiary/aromatic N) is 2. The summed E-state index contributed by atoms with van der Waals surface area (Å²) >= 11 is 2.63. The van der Waals surface area contributed by atoms with Gasteiger partial charge in [-0.05, 0) is 32.0 Å². The Morgan fingerprint density at radius 1 is 1.56 bits per heavy atom. The van der Waals surface area contributed by atoms with Crippen LogP contribution in [0.5, 0.6) is 0 Å². The largest absolute Gasteiger partial charge is 0.480 e. The van der Waals surface area contributed by atoms with E-state index in [1.807, 2.05) is 0 Å². The lowest BCUT2D eigenvalue weighted by molar-refractivity contribution is -0.138. The van der Waals surface area contributed by atoms with Crippen LogP contribution in [0.3, 0.4) is 0 Å². The van der Waals surface area contributed by atoms with Crippen LogP contribution in [-0.4, -0.2) is 20.8 Å². The number of carboxylic acid groups (broad SMARTS) is 1. The molecule has 0 aliphatic rings. The van der Waals surface area contributed by atoms with E-state index >= 15 is 0 Å². The number of thioether (sulfide) groups is 1. The van der Waals surface area contributed by atoms with Crippen LogP contribution in [0.2, 0.25) is 0 Å². The molecule has 1 N–H and O–H groups in total. The second-order valence-corrected chi connectivity index (χ2v) is 7.09. The maximum Gasteiger partial charge on any atom is 0.319 e. The quantitative estimate of drug-likeness (QED) is 0.873. The van der Waals surface area contributed by atoms with Gasteiger partial charge in [-0.2, -0.15) is 5.26 Å². The highest BCUT2D eigenvalue weighted by Gasteiger charge is 2.29. The molecule has 0 bridgehead atoms. The fourth-order valence-corrected chi connectivity index (χ4v) is 3.74. The van der Waals surface area contributed by atoms with Gasteiger partial charge in [0.15, 0.2) is 4.34 Å². The molecular formula is C12H10N2O2S2. The predicted molar refractivity (Wildman–Crippen MR) is 71.9 cm³/mol. The van der Waals surface area contributed by atoms with Crippen LogP contribution < -0.4 is 0 Å². The number of aromatic nitrogens is 1. The van der Waals surface area contributed by atoms with Gasteiger partial charge in [-0.15, -0.1) is 11.3 Å². The molecule has 0 atom stereocenters. The molecule has 0 fully saturated rings. The van der Waals surface area contributed by atoms with E-state index in [2.05, 4.69) is 11.1 Å². The molecule has 0 aliphatic heterocycles. The molecule has 0 amide bonds. The SMILES string of the molecule is CC(C)(Sc1nc2ccc(C#N)cc2s1)C(=O)O. The van der Waals surface area contributed by atoms with E-state index < -0.39 is 10.7 Å². The maximum absolute atomic E-state index is 11.1. The van der Waals surface area contributed by atoms with Crippen molar-refractivity contribution in [1.82, 2.24) is 4.98 Å². The molecule has 2 rings (SSSR count). The van der Waals surface area contributed by atoms with Gasteiger partial charge in [-0.3, -0.25) is 4.79 Å². The van der Waals surface area contributed by atoms with Gasteiger partial charge in [0.2, 0.25) is 0 Å². The Bertz CT molecular complexity index is 656. The highest BCUT2D eigenvalue weighted by Crippen LogP contribution is 2.37. The van der Waals surface area contributed by atoms with E-state index in [0.29, 0.717) is 9.90 Å². The van der Waals surface area contributed by atoms with Gasteiger partial charge >= 0.3 is 5.97 Å². The Morgan fingerprint density at radius 2 is 2.28 bits per heavy atom. The van der Waals surface area contributed by atoms with Crippen LogP contribution in [0.25, 0.3) is 10.2 Å². The molecule has 2 aromatic rings. The van der Waals surface area contributed by atoms with Crippen molar-refractivity contribution >= 4 is 39.3 Å². The van der Waals surface area contributed by atoms with Crippen molar-refractivity contribution < 1.29 is 9.90 Å². The summed E-state index contributed by atoms with van der Waals surface area (Å²) in [5.74, 6) is -0.871. The van der Waals surface area contributed by atoms with Gasteiger partial charge in [-0.25, -0.2) is 4.98 Å². The maximum atomic E-state index is 11.1. The average molecular weight is 278 g/mol. The Labute approximate surface area is 112 Å². The number of aliphatic carboxylic acids is 1. The average Bonchev–Trinajstić information content (AvgIpc) is 2.68. The van der Waals surface area contributed by atoms with Crippen LogP contribution in [0.1, 0.15) is 19.4 Å². The summed E-state index contributed by atoms with van der Waals surface area (Å²) in [6.45, 7) is 3.29. The lowest BCUT2D eigenvalue weighted by Crippen LogP contribution is -2.26. The van der Waals surface area contributed by atoms with E-state index in [-0.39, 0.29) is 0 Å². The molecular weight excluding hydrogens is 268 g/mol. The number of thiazole rings is 1. The number of nitriles is 1. The Balaban J connectivity index is 2.37. The summed E-state index contributed by atoms with van der Waals surface area (Å²) in [5.41, 5.74) is 1.38. The summed E-state index contributed by atoms with van der Waals surface area (Å²) in [6, 6.07) is 7.33. The zero-order chi connectivity index (χ0) is 13.3. The predicted octanol–water partition coefficient (Wildman–Crippen LogP) is 3.12.